The molecule has 0 radical (unpaired) electrons. The number of nitrogens with one attached hydrogen (secondary N) is 1. The van der Waals surface area contributed by atoms with Crippen LogP contribution in [0.1, 0.15) is 31.7 Å². The third-order valence-corrected chi connectivity index (χ3v) is 2.84. The zero-order chi connectivity index (χ0) is 14.6. The first-order valence-electron chi connectivity index (χ1n) is 7.03. The van der Waals surface area contributed by atoms with E-state index in [4.69, 9.17) is 4.74 Å². The molecule has 1 aromatic carbocycles. The lowest BCUT2D eigenvalue weighted by atomic mass is 10.1. The normalized spacial score (nSPS) is 10.7. The van der Waals surface area contributed by atoms with E-state index in [9.17, 15) is 9.90 Å². The summed E-state index contributed by atoms with van der Waals surface area (Å²) in [5, 5.41) is 12.5. The van der Waals surface area contributed by atoms with Gasteiger partial charge in [-0.2, -0.15) is 0 Å². The highest BCUT2D eigenvalue weighted by Crippen LogP contribution is 2.14. The lowest BCUT2D eigenvalue weighted by Crippen LogP contribution is -2.04. The lowest BCUT2D eigenvalue weighted by Gasteiger charge is -2.09. The molecule has 4 nitrogen and oxygen atoms in total. The highest BCUT2D eigenvalue weighted by molar-refractivity contribution is 5.81. The van der Waals surface area contributed by atoms with Gasteiger partial charge in [0.25, 0.3) is 0 Å². The van der Waals surface area contributed by atoms with Crippen molar-refractivity contribution in [3.8, 4) is 0 Å². The Balaban J connectivity index is 2.15. The smallest absolute Gasteiger partial charge is 0.330 e. The van der Waals surface area contributed by atoms with Crippen LogP contribution in [0.15, 0.2) is 36.4 Å². The number of ether oxygens (including phenoxy) is 1. The van der Waals surface area contributed by atoms with E-state index in [2.05, 4.69) is 5.32 Å². The number of esters is 1. The maximum Gasteiger partial charge on any atom is 0.330 e. The molecule has 0 bridgehead atoms. The lowest BCUT2D eigenvalue weighted by molar-refractivity contribution is -0.137. The molecular weight excluding hydrogens is 254 g/mol. The van der Waals surface area contributed by atoms with Gasteiger partial charge in [0.2, 0.25) is 0 Å². The Morgan fingerprint density at radius 3 is 2.90 bits per heavy atom. The molecule has 0 spiro atoms. The molecule has 0 saturated heterocycles. The first-order valence-corrected chi connectivity index (χ1v) is 7.03. The van der Waals surface area contributed by atoms with Gasteiger partial charge in [0.15, 0.2) is 0 Å². The molecule has 4 heteroatoms. The summed E-state index contributed by atoms with van der Waals surface area (Å²) in [5.41, 5.74) is 1.90. The van der Waals surface area contributed by atoms with Crippen LogP contribution in [0.3, 0.4) is 0 Å². The first kappa shape index (κ1) is 16.2. The second-order valence-corrected chi connectivity index (χ2v) is 4.39. The highest BCUT2D eigenvalue weighted by Gasteiger charge is 1.98. The number of para-hydroxylation sites is 1. The van der Waals surface area contributed by atoms with Crippen molar-refractivity contribution in [2.45, 2.75) is 32.8 Å². The van der Waals surface area contributed by atoms with E-state index >= 15 is 0 Å². The Bertz CT molecular complexity index is 429. The molecule has 0 unspecified atom stereocenters. The first-order chi connectivity index (χ1) is 9.77. The monoisotopic (exact) mass is 277 g/mol. The van der Waals surface area contributed by atoms with Crippen molar-refractivity contribution in [2.24, 2.45) is 0 Å². The van der Waals surface area contributed by atoms with Crippen molar-refractivity contribution in [1.82, 2.24) is 0 Å². The van der Waals surface area contributed by atoms with E-state index in [1.165, 1.54) is 6.08 Å². The Morgan fingerprint density at radius 1 is 1.35 bits per heavy atom. The molecule has 20 heavy (non-hydrogen) atoms. The van der Waals surface area contributed by atoms with Gasteiger partial charge in [0.1, 0.15) is 0 Å². The fourth-order valence-electron chi connectivity index (χ4n) is 1.81. The molecule has 0 saturated carbocycles. The van der Waals surface area contributed by atoms with Crippen LogP contribution in [-0.2, 0) is 16.1 Å². The van der Waals surface area contributed by atoms with E-state index < -0.39 is 0 Å². The van der Waals surface area contributed by atoms with Crippen molar-refractivity contribution in [3.05, 3.63) is 42.0 Å². The predicted octanol–water partition coefficient (Wildman–Crippen LogP) is 2.88. The molecule has 0 aliphatic rings. The van der Waals surface area contributed by atoms with E-state index in [0.29, 0.717) is 6.61 Å². The number of aliphatic hydroxyl groups is 1. The number of aliphatic hydroxyl groups excluding tert-OH is 1. The topological polar surface area (TPSA) is 58.6 Å². The van der Waals surface area contributed by atoms with Crippen molar-refractivity contribution in [2.75, 3.05) is 18.5 Å². The fourth-order valence-corrected chi connectivity index (χ4v) is 1.81. The second-order valence-electron chi connectivity index (χ2n) is 4.39. The van der Waals surface area contributed by atoms with Gasteiger partial charge in [-0.25, -0.2) is 4.79 Å². The van der Waals surface area contributed by atoms with Gasteiger partial charge < -0.3 is 15.2 Å². The average molecular weight is 277 g/mol. The van der Waals surface area contributed by atoms with Crippen LogP contribution in [0.5, 0.6) is 0 Å². The Hall–Kier alpha value is -1.81. The Kier molecular flexibility index (Phi) is 8.15. The standard InChI is InChI=1S/C16H23NO3/c1-2-20-16(19)11-5-3-4-8-12-17-15-10-7-6-9-14(15)13-18/h5-7,9-11,17-18H,2-4,8,12-13H2,1H3/b11-5+. The zero-order valence-electron chi connectivity index (χ0n) is 12.0. The summed E-state index contributed by atoms with van der Waals surface area (Å²) in [6, 6.07) is 7.73. The average Bonchev–Trinajstić information content (AvgIpc) is 2.47. The minimum Gasteiger partial charge on any atom is -0.463 e. The molecule has 0 aliphatic carbocycles. The highest BCUT2D eigenvalue weighted by atomic mass is 16.5. The molecule has 0 atom stereocenters. The summed E-state index contributed by atoms with van der Waals surface area (Å²) in [6.07, 6.45) is 6.21. The number of hydrogen-bond acceptors (Lipinski definition) is 4. The van der Waals surface area contributed by atoms with E-state index in [1.807, 2.05) is 30.3 Å². The summed E-state index contributed by atoms with van der Waals surface area (Å²) < 4.78 is 4.79. The largest absolute Gasteiger partial charge is 0.463 e. The second kappa shape index (κ2) is 10.0. The zero-order valence-corrected chi connectivity index (χ0v) is 12.0. The van der Waals surface area contributed by atoms with Gasteiger partial charge in [-0.05, 0) is 32.3 Å². The minimum absolute atomic E-state index is 0.0471. The molecule has 110 valence electrons. The molecule has 0 aromatic heterocycles. The summed E-state index contributed by atoms with van der Waals surface area (Å²) >= 11 is 0. The molecule has 0 aliphatic heterocycles. The molecule has 1 rings (SSSR count). The number of carbonyl (C=O) groups is 1. The SMILES string of the molecule is CCOC(=O)/C=C/CCCCNc1ccccc1CO. The Morgan fingerprint density at radius 2 is 2.15 bits per heavy atom. The molecule has 0 fully saturated rings. The summed E-state index contributed by atoms with van der Waals surface area (Å²) in [5.74, 6) is -0.275. The number of rotatable bonds is 9. The minimum atomic E-state index is -0.275. The van der Waals surface area contributed by atoms with Gasteiger partial charge in [0, 0.05) is 23.9 Å². The predicted molar refractivity (Wildman–Crippen MR) is 80.5 cm³/mol. The summed E-state index contributed by atoms with van der Waals surface area (Å²) in [7, 11) is 0. The molecule has 0 heterocycles. The van der Waals surface area contributed by atoms with Crippen LogP contribution in [0.2, 0.25) is 0 Å². The third-order valence-electron chi connectivity index (χ3n) is 2.84. The number of hydrogen-bond donors (Lipinski definition) is 2. The van der Waals surface area contributed by atoms with Crippen molar-refractivity contribution < 1.29 is 14.6 Å². The summed E-state index contributed by atoms with van der Waals surface area (Å²) in [4.78, 5) is 11.0. The van der Waals surface area contributed by atoms with Crippen molar-refractivity contribution >= 4 is 11.7 Å². The van der Waals surface area contributed by atoms with E-state index in [1.54, 1.807) is 6.92 Å². The van der Waals surface area contributed by atoms with Gasteiger partial charge >= 0.3 is 5.97 Å². The van der Waals surface area contributed by atoms with Crippen LogP contribution in [0.25, 0.3) is 0 Å². The quantitative estimate of drug-likeness (QED) is 0.414. The van der Waals surface area contributed by atoms with Crippen LogP contribution in [-0.4, -0.2) is 24.2 Å². The fraction of sp³-hybridized carbons (Fsp3) is 0.438. The van der Waals surface area contributed by atoms with Gasteiger partial charge in [0.05, 0.1) is 13.2 Å². The van der Waals surface area contributed by atoms with E-state index in [-0.39, 0.29) is 12.6 Å². The van der Waals surface area contributed by atoms with Gasteiger partial charge in [-0.15, -0.1) is 0 Å². The number of carbonyl (C=O) groups excluding carboxylic acids is 1. The van der Waals surface area contributed by atoms with Crippen molar-refractivity contribution in [1.29, 1.82) is 0 Å². The van der Waals surface area contributed by atoms with Gasteiger partial charge in [-0.3, -0.25) is 0 Å². The number of allylic oxidation sites excluding steroid dienone is 1. The number of benzene rings is 1. The molecule has 0 amide bonds. The van der Waals surface area contributed by atoms with Gasteiger partial charge in [-0.1, -0.05) is 24.3 Å². The van der Waals surface area contributed by atoms with Crippen LogP contribution < -0.4 is 5.32 Å². The number of unbranched alkanes of at least 4 members (excludes halogenated alkanes) is 2. The van der Waals surface area contributed by atoms with Crippen molar-refractivity contribution in [3.63, 3.8) is 0 Å². The van der Waals surface area contributed by atoms with Crippen LogP contribution >= 0.6 is 0 Å². The Labute approximate surface area is 120 Å². The van der Waals surface area contributed by atoms with Crippen LogP contribution in [0, 0.1) is 0 Å². The molecule has 1 aromatic rings. The van der Waals surface area contributed by atoms with Crippen LogP contribution in [0.4, 0.5) is 5.69 Å². The van der Waals surface area contributed by atoms with E-state index in [0.717, 1.165) is 37.1 Å². The molecule has 2 N–H and O–H groups in total. The number of anilines is 1. The summed E-state index contributed by atoms with van der Waals surface area (Å²) in [6.45, 7) is 3.11. The molecular formula is C16H23NO3. The maximum absolute atomic E-state index is 11.0. The third kappa shape index (κ3) is 6.38. The maximum atomic E-state index is 11.0.